The predicted octanol–water partition coefficient (Wildman–Crippen LogP) is 4.85. The molecule has 0 N–H and O–H groups in total. The van der Waals surface area contributed by atoms with Gasteiger partial charge in [-0.1, -0.05) is 23.7 Å². The van der Waals surface area contributed by atoms with Crippen molar-refractivity contribution in [2.75, 3.05) is 19.1 Å². The average molecular weight is 454 g/mol. The van der Waals surface area contributed by atoms with E-state index >= 15 is 0 Å². The van der Waals surface area contributed by atoms with Gasteiger partial charge in [0.2, 0.25) is 5.91 Å². The van der Waals surface area contributed by atoms with E-state index < -0.39 is 0 Å². The van der Waals surface area contributed by atoms with Gasteiger partial charge in [0.1, 0.15) is 11.6 Å². The van der Waals surface area contributed by atoms with Crippen LogP contribution >= 0.6 is 27.5 Å². The van der Waals surface area contributed by atoms with Crippen LogP contribution in [-0.4, -0.2) is 30.7 Å². The molecule has 144 valence electrons. The highest BCUT2D eigenvalue weighted by molar-refractivity contribution is 9.10. The number of aromatic nitrogens is 1. The minimum atomic E-state index is -0.225. The second kappa shape index (κ2) is 8.17. The maximum Gasteiger partial charge on any atom is 0.231 e. The summed E-state index contributed by atoms with van der Waals surface area (Å²) in [5.41, 5.74) is 0.762. The first kappa shape index (κ1) is 20.1. The van der Waals surface area contributed by atoms with Crippen LogP contribution in [0.25, 0.3) is 0 Å². The molecule has 1 aromatic heterocycles. The number of amides is 1. The monoisotopic (exact) mass is 452 g/mol. The number of ether oxygens (including phenoxy) is 2. The lowest BCUT2D eigenvalue weighted by molar-refractivity contribution is -0.141. The molecule has 27 heavy (non-hydrogen) atoms. The fraction of sp³-hybridized carbons (Fsp3) is 0.400. The minimum absolute atomic E-state index is 0.0378. The highest BCUT2D eigenvalue weighted by Crippen LogP contribution is 2.42. The number of hydrogen-bond acceptors (Lipinski definition) is 4. The Morgan fingerprint density at radius 2 is 2.00 bits per heavy atom. The summed E-state index contributed by atoms with van der Waals surface area (Å²) in [4.78, 5) is 19.4. The third kappa shape index (κ3) is 4.45. The van der Waals surface area contributed by atoms with Crippen LogP contribution < -0.4 is 9.64 Å². The molecule has 0 unspecified atom stereocenters. The summed E-state index contributed by atoms with van der Waals surface area (Å²) in [7, 11) is 3.32. The topological polar surface area (TPSA) is 51.7 Å². The Morgan fingerprint density at radius 1 is 1.33 bits per heavy atom. The van der Waals surface area contributed by atoms with Crippen molar-refractivity contribution in [1.29, 1.82) is 0 Å². The van der Waals surface area contributed by atoms with Crippen LogP contribution in [0.5, 0.6) is 5.75 Å². The third-order valence-electron chi connectivity index (χ3n) is 5.01. The molecule has 0 aliphatic heterocycles. The molecule has 0 saturated heterocycles. The van der Waals surface area contributed by atoms with Crippen LogP contribution in [0.1, 0.15) is 25.3 Å². The van der Waals surface area contributed by atoms with Gasteiger partial charge in [0.15, 0.2) is 0 Å². The Kier molecular flexibility index (Phi) is 6.08. The zero-order valence-corrected chi connectivity index (χ0v) is 17.9. The molecular formula is C20H22BrClN2O3. The largest absolute Gasteiger partial charge is 0.497 e. The van der Waals surface area contributed by atoms with E-state index in [1.54, 1.807) is 31.4 Å². The normalized spacial score (nSPS) is 21.4. The maximum absolute atomic E-state index is 13.2. The van der Waals surface area contributed by atoms with Crippen LogP contribution in [0.3, 0.4) is 0 Å². The van der Waals surface area contributed by atoms with Gasteiger partial charge in [-0.15, -0.1) is 0 Å². The molecule has 1 fully saturated rings. The van der Waals surface area contributed by atoms with Crippen molar-refractivity contribution in [3.63, 3.8) is 0 Å². The fourth-order valence-electron chi connectivity index (χ4n) is 3.32. The summed E-state index contributed by atoms with van der Waals surface area (Å²) in [6.45, 7) is 2.44. The molecule has 0 radical (unpaired) electrons. The van der Waals surface area contributed by atoms with E-state index in [4.69, 9.17) is 21.1 Å². The summed E-state index contributed by atoms with van der Waals surface area (Å²) in [5, 5.41) is 0.512. The smallest absolute Gasteiger partial charge is 0.231 e. The van der Waals surface area contributed by atoms with Gasteiger partial charge >= 0.3 is 0 Å². The summed E-state index contributed by atoms with van der Waals surface area (Å²) in [6.07, 6.45) is 2.95. The van der Waals surface area contributed by atoms with Gasteiger partial charge in [0.05, 0.1) is 28.8 Å². The average Bonchev–Trinajstić information content (AvgIpc) is 2.64. The molecule has 5 nitrogen and oxygen atoms in total. The van der Waals surface area contributed by atoms with Crippen LogP contribution in [0, 0.1) is 5.92 Å². The zero-order valence-electron chi connectivity index (χ0n) is 15.5. The SMILES string of the molecule is COc1ccc(CN(C(=O)C2CC(C)(OC)C2)c2ncc(Cl)cc2Br)cc1. The van der Waals surface area contributed by atoms with E-state index in [0.717, 1.165) is 11.3 Å². The predicted molar refractivity (Wildman–Crippen MR) is 109 cm³/mol. The molecule has 0 bridgehead atoms. The Labute approximate surface area is 172 Å². The lowest BCUT2D eigenvalue weighted by Gasteiger charge is -2.44. The Morgan fingerprint density at radius 3 is 2.56 bits per heavy atom. The molecule has 1 amide bonds. The molecule has 1 heterocycles. The first-order chi connectivity index (χ1) is 12.8. The first-order valence-electron chi connectivity index (χ1n) is 8.66. The van der Waals surface area contributed by atoms with Gasteiger partial charge < -0.3 is 9.47 Å². The van der Waals surface area contributed by atoms with Crippen molar-refractivity contribution >= 4 is 39.3 Å². The molecule has 1 aliphatic carbocycles. The van der Waals surface area contributed by atoms with Crippen molar-refractivity contribution in [1.82, 2.24) is 4.98 Å². The maximum atomic E-state index is 13.2. The lowest BCUT2D eigenvalue weighted by Crippen LogP contribution is -2.50. The van der Waals surface area contributed by atoms with Crippen LogP contribution in [0.4, 0.5) is 5.82 Å². The van der Waals surface area contributed by atoms with Crippen molar-refractivity contribution in [2.24, 2.45) is 5.92 Å². The molecule has 2 aromatic rings. The molecule has 1 aromatic carbocycles. The quantitative estimate of drug-likeness (QED) is 0.627. The molecule has 0 spiro atoms. The van der Waals surface area contributed by atoms with Crippen molar-refractivity contribution in [3.8, 4) is 5.75 Å². The van der Waals surface area contributed by atoms with E-state index in [2.05, 4.69) is 20.9 Å². The number of anilines is 1. The van der Waals surface area contributed by atoms with E-state index in [-0.39, 0.29) is 17.4 Å². The summed E-state index contributed by atoms with van der Waals surface area (Å²) in [6, 6.07) is 9.41. The number of methoxy groups -OCH3 is 2. The van der Waals surface area contributed by atoms with E-state index in [1.807, 2.05) is 31.2 Å². The molecule has 1 aliphatic rings. The Bertz CT molecular complexity index is 822. The number of benzene rings is 1. The third-order valence-corrected chi connectivity index (χ3v) is 5.80. The number of carbonyl (C=O) groups is 1. The molecular weight excluding hydrogens is 432 g/mol. The minimum Gasteiger partial charge on any atom is -0.497 e. The molecule has 1 saturated carbocycles. The van der Waals surface area contributed by atoms with Crippen LogP contribution in [0.2, 0.25) is 5.02 Å². The number of nitrogens with zero attached hydrogens (tertiary/aromatic N) is 2. The van der Waals surface area contributed by atoms with Crippen LogP contribution in [0.15, 0.2) is 41.0 Å². The lowest BCUT2D eigenvalue weighted by atomic mass is 9.71. The molecule has 3 rings (SSSR count). The summed E-state index contributed by atoms with van der Waals surface area (Å²) >= 11 is 9.52. The van der Waals surface area contributed by atoms with Gasteiger partial charge in [-0.05, 0) is 59.5 Å². The van der Waals surface area contributed by atoms with E-state index in [0.29, 0.717) is 34.7 Å². The fourth-order valence-corrected chi connectivity index (χ4v) is 4.17. The number of halogens is 2. The summed E-state index contributed by atoms with van der Waals surface area (Å²) in [5.74, 6) is 1.29. The van der Waals surface area contributed by atoms with E-state index in [9.17, 15) is 4.79 Å². The van der Waals surface area contributed by atoms with Gasteiger partial charge in [-0.25, -0.2) is 4.98 Å². The van der Waals surface area contributed by atoms with Crippen LogP contribution in [-0.2, 0) is 16.1 Å². The molecule has 0 atom stereocenters. The number of pyridine rings is 1. The number of hydrogen-bond donors (Lipinski definition) is 0. The van der Waals surface area contributed by atoms with Crippen molar-refractivity contribution < 1.29 is 14.3 Å². The standard InChI is InChI=1S/C20H22BrClN2O3/c1-20(27-3)9-14(10-20)19(25)24(18-17(21)8-15(22)11-23-18)12-13-4-6-16(26-2)7-5-13/h4-8,11,14H,9-10,12H2,1-3H3. The second-order valence-corrected chi connectivity index (χ2v) is 8.28. The Hall–Kier alpha value is -1.63. The van der Waals surface area contributed by atoms with Gasteiger partial charge in [-0.3, -0.25) is 9.69 Å². The summed E-state index contributed by atoms with van der Waals surface area (Å²) < 4.78 is 11.4. The van der Waals surface area contributed by atoms with Crippen molar-refractivity contribution in [2.45, 2.75) is 31.9 Å². The van der Waals surface area contributed by atoms with Crippen molar-refractivity contribution in [3.05, 3.63) is 51.6 Å². The second-order valence-electron chi connectivity index (χ2n) is 6.99. The Balaban J connectivity index is 1.87. The zero-order chi connectivity index (χ0) is 19.6. The molecule has 7 heteroatoms. The van der Waals surface area contributed by atoms with Gasteiger partial charge in [-0.2, -0.15) is 0 Å². The number of carbonyl (C=O) groups excluding carboxylic acids is 1. The first-order valence-corrected chi connectivity index (χ1v) is 9.83. The number of rotatable bonds is 6. The highest BCUT2D eigenvalue weighted by atomic mass is 79.9. The highest BCUT2D eigenvalue weighted by Gasteiger charge is 2.46. The van der Waals surface area contributed by atoms with Gasteiger partial charge in [0, 0.05) is 19.2 Å². The van der Waals surface area contributed by atoms with E-state index in [1.165, 1.54) is 0 Å². The van der Waals surface area contributed by atoms with Gasteiger partial charge in [0.25, 0.3) is 0 Å².